The van der Waals surface area contributed by atoms with Crippen LogP contribution in [0.2, 0.25) is 0 Å². The van der Waals surface area contributed by atoms with E-state index in [1.165, 1.54) is 0 Å². The number of nitrogens with one attached hydrogen (secondary N) is 3. The second-order valence-electron chi connectivity index (χ2n) is 6.75. The van der Waals surface area contributed by atoms with Gasteiger partial charge in [0.05, 0.1) is 6.04 Å². The lowest BCUT2D eigenvalue weighted by atomic mass is 10.0. The fourth-order valence-corrected chi connectivity index (χ4v) is 3.87. The number of amides is 1. The Morgan fingerprint density at radius 1 is 1.32 bits per heavy atom. The van der Waals surface area contributed by atoms with E-state index in [1.807, 2.05) is 47.1 Å². The summed E-state index contributed by atoms with van der Waals surface area (Å²) in [5.41, 5.74) is 8.15. The molecular formula is C19H23N7OS. The lowest BCUT2D eigenvalue weighted by Crippen LogP contribution is -2.44. The summed E-state index contributed by atoms with van der Waals surface area (Å²) in [5.74, 6) is 1.63. The van der Waals surface area contributed by atoms with Gasteiger partial charge in [-0.1, -0.05) is 12.1 Å². The van der Waals surface area contributed by atoms with Crippen molar-refractivity contribution in [3.63, 3.8) is 0 Å². The molecule has 0 radical (unpaired) electrons. The van der Waals surface area contributed by atoms with E-state index < -0.39 is 0 Å². The third-order valence-electron chi connectivity index (χ3n) is 4.89. The maximum absolute atomic E-state index is 12.9. The Balaban J connectivity index is 1.47. The molecule has 8 nitrogen and oxygen atoms in total. The van der Waals surface area contributed by atoms with Crippen LogP contribution >= 0.6 is 11.8 Å². The molecule has 9 heteroatoms. The third-order valence-corrected chi connectivity index (χ3v) is 5.53. The highest BCUT2D eigenvalue weighted by Gasteiger charge is 2.32. The molecule has 0 spiro atoms. The highest BCUT2D eigenvalue weighted by Crippen LogP contribution is 2.23. The molecule has 3 aromatic heterocycles. The van der Waals surface area contributed by atoms with E-state index in [2.05, 4.69) is 37.6 Å². The standard InChI is InChI=1S/C19H23N7OS/c1-28-10-7-14(18-25-24-17-6-2-3-9-26(17)18)21-19(27)16-11-15(22-23-16)13-5-4-8-20-12-13/h2-6,8-9,12,14-16,22-23H,7,10-11H2,1H3,(H,21,27). The fraction of sp³-hybridized carbons (Fsp3) is 0.368. The number of fused-ring (bicyclic) bond motifs is 1. The van der Waals surface area contributed by atoms with Gasteiger partial charge in [-0.05, 0) is 48.6 Å². The van der Waals surface area contributed by atoms with E-state index in [0.717, 1.165) is 29.2 Å². The zero-order valence-electron chi connectivity index (χ0n) is 15.6. The SMILES string of the molecule is CSCCC(NC(=O)C1CC(c2cccnc2)NN1)c1nnc2ccccn12. The molecular weight excluding hydrogens is 374 g/mol. The minimum atomic E-state index is -0.318. The number of hydrazine groups is 1. The van der Waals surface area contributed by atoms with Crippen LogP contribution in [0.15, 0.2) is 48.9 Å². The van der Waals surface area contributed by atoms with Crippen molar-refractivity contribution in [3.05, 3.63) is 60.3 Å². The van der Waals surface area contributed by atoms with Gasteiger partial charge in [-0.3, -0.25) is 14.2 Å². The van der Waals surface area contributed by atoms with E-state index in [4.69, 9.17) is 0 Å². The number of nitrogens with zero attached hydrogens (tertiary/aromatic N) is 4. The van der Waals surface area contributed by atoms with Crippen LogP contribution in [0, 0.1) is 0 Å². The van der Waals surface area contributed by atoms with Crippen molar-refractivity contribution in [2.24, 2.45) is 0 Å². The number of carbonyl (C=O) groups excluding carboxylic acids is 1. The van der Waals surface area contributed by atoms with Crippen LogP contribution in [0.5, 0.6) is 0 Å². The lowest BCUT2D eigenvalue weighted by molar-refractivity contribution is -0.123. The smallest absolute Gasteiger partial charge is 0.239 e. The maximum Gasteiger partial charge on any atom is 0.239 e. The monoisotopic (exact) mass is 397 g/mol. The summed E-state index contributed by atoms with van der Waals surface area (Å²) in [6.45, 7) is 0. The Morgan fingerprint density at radius 3 is 3.07 bits per heavy atom. The first-order valence-corrected chi connectivity index (χ1v) is 10.7. The Hall–Kier alpha value is -2.49. The number of carbonyl (C=O) groups is 1. The van der Waals surface area contributed by atoms with Crippen LogP contribution in [0.25, 0.3) is 5.65 Å². The first kappa shape index (κ1) is 18.9. The predicted octanol–water partition coefficient (Wildman–Crippen LogP) is 1.64. The molecule has 146 valence electrons. The molecule has 0 bridgehead atoms. The number of rotatable bonds is 7. The summed E-state index contributed by atoms with van der Waals surface area (Å²) in [4.78, 5) is 17.1. The number of pyridine rings is 2. The molecule has 4 rings (SSSR count). The van der Waals surface area contributed by atoms with Gasteiger partial charge in [0.15, 0.2) is 11.5 Å². The molecule has 0 aliphatic carbocycles. The van der Waals surface area contributed by atoms with Crippen LogP contribution in [-0.2, 0) is 4.79 Å². The summed E-state index contributed by atoms with van der Waals surface area (Å²) >= 11 is 1.75. The lowest BCUT2D eigenvalue weighted by Gasteiger charge is -2.19. The van der Waals surface area contributed by atoms with Crippen LogP contribution in [0.1, 0.15) is 36.3 Å². The summed E-state index contributed by atoms with van der Waals surface area (Å²) in [5, 5.41) is 11.7. The largest absolute Gasteiger partial charge is 0.345 e. The van der Waals surface area contributed by atoms with Crippen LogP contribution < -0.4 is 16.2 Å². The van der Waals surface area contributed by atoms with Gasteiger partial charge in [0.2, 0.25) is 5.91 Å². The van der Waals surface area contributed by atoms with Crippen LogP contribution in [0.4, 0.5) is 0 Å². The van der Waals surface area contributed by atoms with Crippen molar-refractivity contribution in [1.82, 2.24) is 35.8 Å². The normalized spacial score (nSPS) is 20.3. The molecule has 28 heavy (non-hydrogen) atoms. The number of aromatic nitrogens is 4. The van der Waals surface area contributed by atoms with Gasteiger partial charge in [-0.15, -0.1) is 10.2 Å². The molecule has 4 heterocycles. The number of hydrogen-bond donors (Lipinski definition) is 3. The first-order chi connectivity index (χ1) is 13.8. The van der Waals surface area contributed by atoms with Crippen molar-refractivity contribution in [2.45, 2.75) is 31.0 Å². The molecule has 3 aromatic rings. The number of hydrogen-bond acceptors (Lipinski definition) is 7. The van der Waals surface area contributed by atoms with Gasteiger partial charge in [0.1, 0.15) is 6.04 Å². The Labute approximate surface area is 167 Å². The van der Waals surface area contributed by atoms with E-state index in [9.17, 15) is 4.79 Å². The molecule has 0 saturated carbocycles. The van der Waals surface area contributed by atoms with E-state index in [-0.39, 0.29) is 24.0 Å². The summed E-state index contributed by atoms with van der Waals surface area (Å²) in [6.07, 6.45) is 9.00. The minimum Gasteiger partial charge on any atom is -0.345 e. The van der Waals surface area contributed by atoms with Crippen LogP contribution in [0.3, 0.4) is 0 Å². The molecule has 1 aliphatic heterocycles. The summed E-state index contributed by atoms with van der Waals surface area (Å²) in [6, 6.07) is 9.23. The van der Waals surface area contributed by atoms with E-state index in [0.29, 0.717) is 6.42 Å². The predicted molar refractivity (Wildman–Crippen MR) is 109 cm³/mol. The van der Waals surface area contributed by atoms with Crippen molar-refractivity contribution < 1.29 is 4.79 Å². The molecule has 0 aromatic carbocycles. The molecule has 3 N–H and O–H groups in total. The summed E-state index contributed by atoms with van der Waals surface area (Å²) in [7, 11) is 0. The van der Waals surface area contributed by atoms with Crippen LogP contribution in [-0.4, -0.2) is 43.5 Å². The topological polar surface area (TPSA) is 96.2 Å². The Kier molecular flexibility index (Phi) is 5.84. The molecule has 1 saturated heterocycles. The zero-order valence-corrected chi connectivity index (χ0v) is 16.4. The van der Waals surface area contributed by atoms with Gasteiger partial charge in [0, 0.05) is 24.6 Å². The highest BCUT2D eigenvalue weighted by atomic mass is 32.2. The fourth-order valence-electron chi connectivity index (χ4n) is 3.40. The number of thioether (sulfide) groups is 1. The molecule has 1 amide bonds. The first-order valence-electron chi connectivity index (χ1n) is 9.26. The average Bonchev–Trinajstić information content (AvgIpc) is 3.39. The molecule has 3 atom stereocenters. The zero-order chi connectivity index (χ0) is 19.3. The van der Waals surface area contributed by atoms with E-state index in [1.54, 1.807) is 18.0 Å². The summed E-state index contributed by atoms with van der Waals surface area (Å²) < 4.78 is 1.93. The average molecular weight is 398 g/mol. The molecule has 3 unspecified atom stereocenters. The van der Waals surface area contributed by atoms with Gasteiger partial charge in [-0.25, -0.2) is 10.9 Å². The minimum absolute atomic E-state index is 0.0438. The second-order valence-corrected chi connectivity index (χ2v) is 7.73. The Morgan fingerprint density at radius 2 is 2.25 bits per heavy atom. The van der Waals surface area contributed by atoms with Gasteiger partial charge in [-0.2, -0.15) is 11.8 Å². The van der Waals surface area contributed by atoms with Gasteiger partial charge < -0.3 is 5.32 Å². The Bertz CT molecular complexity index is 932. The van der Waals surface area contributed by atoms with Gasteiger partial charge in [0.25, 0.3) is 0 Å². The molecule has 1 fully saturated rings. The van der Waals surface area contributed by atoms with Crippen molar-refractivity contribution in [3.8, 4) is 0 Å². The highest BCUT2D eigenvalue weighted by molar-refractivity contribution is 7.98. The van der Waals surface area contributed by atoms with Crippen molar-refractivity contribution >= 4 is 23.3 Å². The second kappa shape index (κ2) is 8.68. The quantitative estimate of drug-likeness (QED) is 0.558. The van der Waals surface area contributed by atoms with E-state index >= 15 is 0 Å². The van der Waals surface area contributed by atoms with Crippen molar-refractivity contribution in [1.29, 1.82) is 0 Å². The molecule has 1 aliphatic rings. The third kappa shape index (κ3) is 4.01. The maximum atomic E-state index is 12.9. The van der Waals surface area contributed by atoms with Crippen molar-refractivity contribution in [2.75, 3.05) is 12.0 Å². The van der Waals surface area contributed by atoms with Gasteiger partial charge >= 0.3 is 0 Å².